The van der Waals surface area contributed by atoms with E-state index in [1.165, 1.54) is 0 Å². The number of pyridine rings is 2. The topological polar surface area (TPSA) is 44.2 Å². The second kappa shape index (κ2) is 3.35. The van der Waals surface area contributed by atoms with Crippen molar-refractivity contribution in [3.63, 3.8) is 0 Å². The number of benzene rings is 1. The van der Waals surface area contributed by atoms with Gasteiger partial charge in [0.25, 0.3) is 0 Å². The molecule has 1 aromatic carbocycles. The van der Waals surface area contributed by atoms with Crippen molar-refractivity contribution in [2.75, 3.05) is 0 Å². The first-order valence-corrected chi connectivity index (χ1v) is 7.86. The molecule has 2 saturated carbocycles. The molecule has 4 nitrogen and oxygen atoms in total. The largest absolute Gasteiger partial charge is 0.478 e. The van der Waals surface area contributed by atoms with Gasteiger partial charge in [0.05, 0.1) is 0 Å². The van der Waals surface area contributed by atoms with Crippen LogP contribution in [0.15, 0.2) is 36.7 Å². The minimum Gasteiger partial charge on any atom is -0.478 e. The molecule has 3 heterocycles. The molecule has 22 heavy (non-hydrogen) atoms. The standard InChI is InChI=1S/C18H14N2O2/c1-3-11-13(19-9-1)14-12(4-2-10-20-14)16-15(11)21-17(5-6-17)18(22-16)7-8-18/h1-4,9-10H,5-8H2. The molecule has 3 aromatic rings. The van der Waals surface area contributed by atoms with Crippen molar-refractivity contribution in [2.24, 2.45) is 0 Å². The average Bonchev–Trinajstić information content (AvgIpc) is 3.47. The second-order valence-corrected chi connectivity index (χ2v) is 6.65. The zero-order chi connectivity index (χ0) is 14.4. The van der Waals surface area contributed by atoms with Crippen LogP contribution in [0.2, 0.25) is 0 Å². The lowest BCUT2D eigenvalue weighted by atomic mass is 10.0. The Kier molecular flexibility index (Phi) is 1.71. The number of fused-ring (bicyclic) bond motifs is 7. The summed E-state index contributed by atoms with van der Waals surface area (Å²) in [4.78, 5) is 9.08. The SMILES string of the molecule is c1cnc2c(c1)c1c(c3cccnc32)OC2(CC2)C2(CC2)O1. The third-order valence-corrected chi connectivity index (χ3v) is 5.37. The van der Waals surface area contributed by atoms with E-state index in [2.05, 4.69) is 22.1 Å². The van der Waals surface area contributed by atoms with Crippen molar-refractivity contribution in [2.45, 2.75) is 36.9 Å². The third kappa shape index (κ3) is 1.17. The van der Waals surface area contributed by atoms with Crippen LogP contribution in [0.5, 0.6) is 11.5 Å². The van der Waals surface area contributed by atoms with Gasteiger partial charge in [0.1, 0.15) is 22.2 Å². The van der Waals surface area contributed by atoms with Gasteiger partial charge in [-0.05, 0) is 49.9 Å². The molecule has 0 atom stereocenters. The number of aromatic nitrogens is 2. The third-order valence-electron chi connectivity index (χ3n) is 5.37. The van der Waals surface area contributed by atoms with Crippen molar-refractivity contribution >= 4 is 21.8 Å². The first kappa shape index (κ1) is 11.2. The van der Waals surface area contributed by atoms with Gasteiger partial charge in [-0.1, -0.05) is 0 Å². The van der Waals surface area contributed by atoms with E-state index in [1.54, 1.807) is 0 Å². The molecule has 1 aliphatic heterocycles. The maximum Gasteiger partial charge on any atom is 0.172 e. The van der Waals surface area contributed by atoms with E-state index < -0.39 is 0 Å². The predicted molar refractivity (Wildman–Crippen MR) is 82.2 cm³/mol. The van der Waals surface area contributed by atoms with E-state index in [1.807, 2.05) is 24.5 Å². The maximum absolute atomic E-state index is 6.54. The molecule has 0 N–H and O–H groups in total. The monoisotopic (exact) mass is 290 g/mol. The van der Waals surface area contributed by atoms with E-state index in [9.17, 15) is 0 Å². The Labute approximate surface area is 127 Å². The van der Waals surface area contributed by atoms with Crippen LogP contribution in [0.3, 0.4) is 0 Å². The first-order chi connectivity index (χ1) is 10.8. The van der Waals surface area contributed by atoms with Crippen LogP contribution in [-0.2, 0) is 0 Å². The van der Waals surface area contributed by atoms with Crippen molar-refractivity contribution in [3.05, 3.63) is 36.7 Å². The van der Waals surface area contributed by atoms with E-state index in [0.717, 1.165) is 59.0 Å². The van der Waals surface area contributed by atoms with Crippen LogP contribution in [0.4, 0.5) is 0 Å². The summed E-state index contributed by atoms with van der Waals surface area (Å²) in [7, 11) is 0. The quantitative estimate of drug-likeness (QED) is 0.593. The fourth-order valence-corrected chi connectivity index (χ4v) is 3.92. The zero-order valence-electron chi connectivity index (χ0n) is 12.0. The van der Waals surface area contributed by atoms with E-state index >= 15 is 0 Å². The summed E-state index contributed by atoms with van der Waals surface area (Å²) < 4.78 is 13.1. The Bertz CT molecular complexity index is 879. The summed E-state index contributed by atoms with van der Waals surface area (Å²) in [5.41, 5.74) is 1.61. The van der Waals surface area contributed by atoms with Gasteiger partial charge >= 0.3 is 0 Å². The molecule has 0 unspecified atom stereocenters. The summed E-state index contributed by atoms with van der Waals surface area (Å²) in [5, 5.41) is 2.01. The summed E-state index contributed by atoms with van der Waals surface area (Å²) >= 11 is 0. The molecule has 0 amide bonds. The van der Waals surface area contributed by atoms with Crippen LogP contribution in [0.1, 0.15) is 25.7 Å². The Morgan fingerprint density at radius 3 is 1.59 bits per heavy atom. The minimum absolute atomic E-state index is 0.0847. The maximum atomic E-state index is 6.54. The summed E-state index contributed by atoms with van der Waals surface area (Å²) in [6, 6.07) is 8.00. The smallest absolute Gasteiger partial charge is 0.172 e. The molecule has 4 heteroatoms. The normalized spacial score (nSPS) is 22.4. The highest BCUT2D eigenvalue weighted by Gasteiger charge is 2.72. The van der Waals surface area contributed by atoms with E-state index in [4.69, 9.17) is 9.47 Å². The molecule has 2 aromatic heterocycles. The zero-order valence-corrected chi connectivity index (χ0v) is 12.0. The Morgan fingerprint density at radius 2 is 1.18 bits per heavy atom. The molecule has 0 radical (unpaired) electrons. The molecule has 3 aliphatic rings. The van der Waals surface area contributed by atoms with Crippen LogP contribution >= 0.6 is 0 Å². The number of ether oxygens (including phenoxy) is 2. The molecule has 108 valence electrons. The van der Waals surface area contributed by atoms with Crippen molar-refractivity contribution in [1.29, 1.82) is 0 Å². The Morgan fingerprint density at radius 1 is 0.727 bits per heavy atom. The van der Waals surface area contributed by atoms with Gasteiger partial charge < -0.3 is 9.47 Å². The first-order valence-electron chi connectivity index (χ1n) is 7.86. The number of nitrogens with zero attached hydrogens (tertiary/aromatic N) is 2. The fraction of sp³-hybridized carbons (Fsp3) is 0.333. The Hall–Kier alpha value is -2.36. The molecule has 0 saturated heterocycles. The van der Waals surface area contributed by atoms with Gasteiger partial charge in [-0.25, -0.2) is 0 Å². The van der Waals surface area contributed by atoms with Gasteiger partial charge in [-0.15, -0.1) is 0 Å². The lowest BCUT2D eigenvalue weighted by Crippen LogP contribution is -2.44. The van der Waals surface area contributed by atoms with Crippen LogP contribution in [0.25, 0.3) is 21.8 Å². The summed E-state index contributed by atoms with van der Waals surface area (Å²) in [6.45, 7) is 0. The minimum atomic E-state index is -0.0847. The van der Waals surface area contributed by atoms with E-state index in [0.29, 0.717) is 0 Å². The van der Waals surface area contributed by atoms with Crippen molar-refractivity contribution in [3.8, 4) is 11.5 Å². The van der Waals surface area contributed by atoms with Crippen LogP contribution in [0, 0.1) is 0 Å². The second-order valence-electron chi connectivity index (χ2n) is 6.65. The highest BCUT2D eigenvalue weighted by molar-refractivity contribution is 6.10. The summed E-state index contributed by atoms with van der Waals surface area (Å²) in [5.74, 6) is 1.72. The fourth-order valence-electron chi connectivity index (χ4n) is 3.92. The van der Waals surface area contributed by atoms with Crippen molar-refractivity contribution < 1.29 is 9.47 Å². The lowest BCUT2D eigenvalue weighted by Gasteiger charge is -2.36. The van der Waals surface area contributed by atoms with Crippen LogP contribution < -0.4 is 9.47 Å². The van der Waals surface area contributed by atoms with Gasteiger partial charge in [-0.3, -0.25) is 9.97 Å². The van der Waals surface area contributed by atoms with Gasteiger partial charge in [0.2, 0.25) is 0 Å². The molecule has 6 rings (SSSR count). The molecule has 2 spiro atoms. The molecule has 0 bridgehead atoms. The average molecular weight is 290 g/mol. The number of hydrogen-bond donors (Lipinski definition) is 0. The molecular weight excluding hydrogens is 276 g/mol. The van der Waals surface area contributed by atoms with Gasteiger partial charge in [0.15, 0.2) is 11.5 Å². The molecular formula is C18H14N2O2. The number of rotatable bonds is 0. The molecule has 2 fully saturated rings. The predicted octanol–water partition coefficient (Wildman–Crippen LogP) is 3.62. The van der Waals surface area contributed by atoms with Crippen LogP contribution in [-0.4, -0.2) is 21.2 Å². The van der Waals surface area contributed by atoms with Gasteiger partial charge in [-0.2, -0.15) is 0 Å². The molecule has 2 aliphatic carbocycles. The van der Waals surface area contributed by atoms with Crippen molar-refractivity contribution in [1.82, 2.24) is 9.97 Å². The summed E-state index contributed by atoms with van der Waals surface area (Å²) in [6.07, 6.45) is 8.00. The van der Waals surface area contributed by atoms with Gasteiger partial charge in [0, 0.05) is 23.2 Å². The lowest BCUT2D eigenvalue weighted by molar-refractivity contribution is -0.0136. The number of hydrogen-bond acceptors (Lipinski definition) is 4. The Balaban J connectivity index is 1.77. The van der Waals surface area contributed by atoms with E-state index in [-0.39, 0.29) is 11.2 Å². The highest BCUT2D eigenvalue weighted by atomic mass is 16.6. The highest BCUT2D eigenvalue weighted by Crippen LogP contribution is 2.66.